The zero-order valence-corrected chi connectivity index (χ0v) is 14.7. The number of hydrogen-bond donors (Lipinski definition) is 0. The molecule has 0 bridgehead atoms. The Balaban J connectivity index is 2.06. The highest BCUT2D eigenvalue weighted by molar-refractivity contribution is 6.30. The van der Waals surface area contributed by atoms with Gasteiger partial charge < -0.3 is 4.74 Å². The lowest BCUT2D eigenvalue weighted by Crippen LogP contribution is -2.12. The zero-order valence-electron chi connectivity index (χ0n) is 14.0. The van der Waals surface area contributed by atoms with Gasteiger partial charge in [-0.05, 0) is 30.7 Å². The summed E-state index contributed by atoms with van der Waals surface area (Å²) in [6.07, 6.45) is 11.0. The maximum absolute atomic E-state index is 11.7. The summed E-state index contributed by atoms with van der Waals surface area (Å²) in [6, 6.07) is 6.30. The van der Waals surface area contributed by atoms with Crippen LogP contribution in [0.1, 0.15) is 81.5 Å². The molecule has 128 valence electrons. The van der Waals surface area contributed by atoms with Crippen LogP contribution in [0.5, 0.6) is 0 Å². The van der Waals surface area contributed by atoms with E-state index < -0.39 is 11.9 Å². The molecule has 3 nitrogen and oxygen atoms in total. The molecule has 0 aliphatic rings. The van der Waals surface area contributed by atoms with Gasteiger partial charge in [-0.2, -0.15) is 0 Å². The topological polar surface area (TPSA) is 43.4 Å². The summed E-state index contributed by atoms with van der Waals surface area (Å²) in [4.78, 5) is 23.4. The molecule has 0 heterocycles. The Morgan fingerprint density at radius 3 is 1.96 bits per heavy atom. The summed E-state index contributed by atoms with van der Waals surface area (Å²) >= 11 is 5.75. The maximum atomic E-state index is 11.7. The van der Waals surface area contributed by atoms with Gasteiger partial charge in [0, 0.05) is 11.4 Å². The molecule has 0 N–H and O–H groups in total. The molecule has 4 heteroatoms. The van der Waals surface area contributed by atoms with E-state index in [9.17, 15) is 9.59 Å². The van der Waals surface area contributed by atoms with Gasteiger partial charge in [-0.15, -0.1) is 0 Å². The first-order valence-electron chi connectivity index (χ1n) is 8.64. The van der Waals surface area contributed by atoms with Crippen molar-refractivity contribution in [1.82, 2.24) is 0 Å². The number of carbonyl (C=O) groups is 2. The van der Waals surface area contributed by atoms with Gasteiger partial charge in [-0.1, -0.05) is 69.9 Å². The van der Waals surface area contributed by atoms with E-state index in [2.05, 4.69) is 6.92 Å². The molecule has 0 fully saturated rings. The van der Waals surface area contributed by atoms with E-state index in [0.29, 0.717) is 17.0 Å². The first kappa shape index (κ1) is 19.7. The van der Waals surface area contributed by atoms with Crippen LogP contribution in [0.25, 0.3) is 0 Å². The maximum Gasteiger partial charge on any atom is 0.345 e. The van der Waals surface area contributed by atoms with Crippen LogP contribution >= 0.6 is 11.6 Å². The Kier molecular flexibility index (Phi) is 10.4. The molecule has 1 aromatic rings. The predicted molar refractivity (Wildman–Crippen MR) is 93.7 cm³/mol. The normalized spacial score (nSPS) is 10.5. The highest BCUT2D eigenvalue weighted by atomic mass is 35.5. The number of benzene rings is 1. The number of esters is 2. The summed E-state index contributed by atoms with van der Waals surface area (Å²) in [5.41, 5.74) is 0.342. The molecule has 0 aliphatic carbocycles. The SMILES string of the molecule is CCCCCCCCCCCC(=O)OC(=O)c1ccc(Cl)cc1. The lowest BCUT2D eigenvalue weighted by Gasteiger charge is -2.04. The zero-order chi connectivity index (χ0) is 16.9. The summed E-state index contributed by atoms with van der Waals surface area (Å²) in [5, 5.41) is 0.544. The summed E-state index contributed by atoms with van der Waals surface area (Å²) < 4.78 is 4.83. The third-order valence-electron chi connectivity index (χ3n) is 3.77. The second-order valence-electron chi connectivity index (χ2n) is 5.85. The van der Waals surface area contributed by atoms with Gasteiger partial charge in [-0.3, -0.25) is 4.79 Å². The second kappa shape index (κ2) is 12.1. The largest absolute Gasteiger partial charge is 0.389 e. The number of carbonyl (C=O) groups excluding carboxylic acids is 2. The Labute approximate surface area is 144 Å². The molecule has 1 aromatic carbocycles. The minimum Gasteiger partial charge on any atom is -0.389 e. The van der Waals surface area contributed by atoms with Crippen LogP contribution < -0.4 is 0 Å². The third kappa shape index (κ3) is 9.39. The van der Waals surface area contributed by atoms with Crippen molar-refractivity contribution in [2.75, 3.05) is 0 Å². The predicted octanol–water partition coefficient (Wildman–Crippen LogP) is 5.94. The Morgan fingerprint density at radius 2 is 1.39 bits per heavy atom. The third-order valence-corrected chi connectivity index (χ3v) is 4.02. The molecule has 0 aromatic heterocycles. The number of ether oxygens (including phenoxy) is 1. The Morgan fingerprint density at radius 1 is 0.870 bits per heavy atom. The quantitative estimate of drug-likeness (QED) is 0.284. The lowest BCUT2D eigenvalue weighted by molar-refractivity contribution is -0.138. The summed E-state index contributed by atoms with van der Waals surface area (Å²) in [5.74, 6) is -1.06. The van der Waals surface area contributed by atoms with E-state index in [0.717, 1.165) is 19.3 Å². The average Bonchev–Trinajstić information content (AvgIpc) is 2.54. The van der Waals surface area contributed by atoms with Crippen molar-refractivity contribution in [3.05, 3.63) is 34.9 Å². The lowest BCUT2D eigenvalue weighted by atomic mass is 10.1. The van der Waals surface area contributed by atoms with E-state index in [4.69, 9.17) is 16.3 Å². The van der Waals surface area contributed by atoms with Crippen LogP contribution in [0, 0.1) is 0 Å². The molecule has 0 atom stereocenters. The number of unbranched alkanes of at least 4 members (excludes halogenated alkanes) is 8. The van der Waals surface area contributed by atoms with Crippen LogP contribution in [0.2, 0.25) is 5.02 Å². The highest BCUT2D eigenvalue weighted by Crippen LogP contribution is 2.12. The Bertz CT molecular complexity index is 468. The average molecular weight is 339 g/mol. The van der Waals surface area contributed by atoms with Crippen molar-refractivity contribution in [2.24, 2.45) is 0 Å². The van der Waals surface area contributed by atoms with Crippen molar-refractivity contribution >= 4 is 23.5 Å². The molecule has 0 spiro atoms. The molecule has 23 heavy (non-hydrogen) atoms. The van der Waals surface area contributed by atoms with Gasteiger partial charge >= 0.3 is 11.9 Å². The molecule has 0 saturated heterocycles. The van der Waals surface area contributed by atoms with Crippen LogP contribution in [0.3, 0.4) is 0 Å². The second-order valence-corrected chi connectivity index (χ2v) is 6.28. The van der Waals surface area contributed by atoms with Gasteiger partial charge in [0.25, 0.3) is 0 Å². The first-order valence-corrected chi connectivity index (χ1v) is 9.02. The summed E-state index contributed by atoms with van der Waals surface area (Å²) in [7, 11) is 0. The van der Waals surface area contributed by atoms with Crippen LogP contribution in [0.4, 0.5) is 0 Å². The van der Waals surface area contributed by atoms with Crippen LogP contribution in [0.15, 0.2) is 24.3 Å². The Hall–Kier alpha value is -1.35. The van der Waals surface area contributed by atoms with E-state index in [1.807, 2.05) is 0 Å². The fourth-order valence-electron chi connectivity index (χ4n) is 2.38. The standard InChI is InChI=1S/C19H27ClO3/c1-2-3-4-5-6-7-8-9-10-11-18(21)23-19(22)16-12-14-17(20)15-13-16/h12-15H,2-11H2,1H3. The van der Waals surface area contributed by atoms with Crippen molar-refractivity contribution in [3.8, 4) is 0 Å². The van der Waals surface area contributed by atoms with Crippen molar-refractivity contribution in [1.29, 1.82) is 0 Å². The summed E-state index contributed by atoms with van der Waals surface area (Å²) in [6.45, 7) is 2.22. The van der Waals surface area contributed by atoms with Crippen molar-refractivity contribution < 1.29 is 14.3 Å². The highest BCUT2D eigenvalue weighted by Gasteiger charge is 2.12. The number of halogens is 1. The number of rotatable bonds is 11. The smallest absolute Gasteiger partial charge is 0.345 e. The minimum atomic E-state index is -0.609. The molecule has 0 amide bonds. The van der Waals surface area contributed by atoms with Crippen LogP contribution in [-0.4, -0.2) is 11.9 Å². The molecule has 1 rings (SSSR count). The van der Waals surface area contributed by atoms with E-state index in [1.165, 1.54) is 38.5 Å². The molecular formula is C19H27ClO3. The van der Waals surface area contributed by atoms with E-state index in [1.54, 1.807) is 24.3 Å². The van der Waals surface area contributed by atoms with E-state index >= 15 is 0 Å². The fourth-order valence-corrected chi connectivity index (χ4v) is 2.51. The first-order chi connectivity index (χ1) is 11.1. The molecule has 0 aliphatic heterocycles. The molecular weight excluding hydrogens is 312 g/mol. The van der Waals surface area contributed by atoms with Gasteiger partial charge in [0.15, 0.2) is 0 Å². The monoisotopic (exact) mass is 338 g/mol. The molecule has 0 unspecified atom stereocenters. The van der Waals surface area contributed by atoms with Gasteiger partial charge in [-0.25, -0.2) is 4.79 Å². The minimum absolute atomic E-state index is 0.301. The van der Waals surface area contributed by atoms with Crippen LogP contribution in [-0.2, 0) is 9.53 Å². The molecule has 0 radical (unpaired) electrons. The van der Waals surface area contributed by atoms with E-state index in [-0.39, 0.29) is 0 Å². The van der Waals surface area contributed by atoms with Crippen molar-refractivity contribution in [3.63, 3.8) is 0 Å². The molecule has 0 saturated carbocycles. The number of hydrogen-bond acceptors (Lipinski definition) is 3. The van der Waals surface area contributed by atoms with Gasteiger partial charge in [0.1, 0.15) is 0 Å². The van der Waals surface area contributed by atoms with Crippen molar-refractivity contribution in [2.45, 2.75) is 71.1 Å². The fraction of sp³-hybridized carbons (Fsp3) is 0.579. The van der Waals surface area contributed by atoms with Gasteiger partial charge in [0.05, 0.1) is 5.56 Å². The van der Waals surface area contributed by atoms with Gasteiger partial charge in [0.2, 0.25) is 0 Å².